The number of hydrogen-bond donors (Lipinski definition) is 0. The van der Waals surface area contributed by atoms with Crippen LogP contribution in [0.5, 0.6) is 11.5 Å². The molecule has 1 aliphatic rings. The number of pyridine rings is 1. The van der Waals surface area contributed by atoms with E-state index in [1.54, 1.807) is 25.3 Å². The first kappa shape index (κ1) is 21.2. The third-order valence-electron chi connectivity index (χ3n) is 5.40. The number of likely N-dealkylation sites (tertiary alicyclic amines) is 1. The standard InChI is InChI=1S/C23H25ClN4O3/c1-3-31-22-18(24)13-16(14-19(22)30-2)9-10-21(29)27-11-6-7-17(15-27)23-26-25-20-8-4-5-12-28(20)23/h4-5,8-10,12-14,17H,3,6-7,11,15H2,1-2H3/b10-9+. The van der Waals surface area contributed by atoms with Gasteiger partial charge in [-0.3, -0.25) is 9.20 Å². The van der Waals surface area contributed by atoms with Gasteiger partial charge in [-0.05, 0) is 55.7 Å². The zero-order chi connectivity index (χ0) is 21.8. The van der Waals surface area contributed by atoms with Gasteiger partial charge in [0.2, 0.25) is 5.91 Å². The van der Waals surface area contributed by atoms with Crippen LogP contribution in [0.1, 0.15) is 37.1 Å². The Bertz CT molecular complexity index is 1110. The summed E-state index contributed by atoms with van der Waals surface area (Å²) in [5, 5.41) is 9.07. The molecule has 1 aliphatic heterocycles. The molecule has 3 heterocycles. The molecular weight excluding hydrogens is 416 g/mol. The summed E-state index contributed by atoms with van der Waals surface area (Å²) in [6.07, 6.45) is 7.20. The van der Waals surface area contributed by atoms with Gasteiger partial charge in [-0.1, -0.05) is 17.7 Å². The normalized spacial score (nSPS) is 16.7. The highest BCUT2D eigenvalue weighted by Gasteiger charge is 2.27. The van der Waals surface area contributed by atoms with E-state index in [2.05, 4.69) is 10.2 Å². The lowest BCUT2D eigenvalue weighted by atomic mass is 9.97. The van der Waals surface area contributed by atoms with Gasteiger partial charge < -0.3 is 14.4 Å². The lowest BCUT2D eigenvalue weighted by molar-refractivity contribution is -0.127. The number of methoxy groups -OCH3 is 1. The largest absolute Gasteiger partial charge is 0.493 e. The SMILES string of the molecule is CCOc1c(Cl)cc(/C=C/C(=O)N2CCCC(c3nnc4ccccn34)C2)cc1OC. The molecule has 1 fully saturated rings. The van der Waals surface area contributed by atoms with Crippen molar-refractivity contribution in [1.29, 1.82) is 0 Å². The molecule has 0 bridgehead atoms. The summed E-state index contributed by atoms with van der Waals surface area (Å²) in [5.41, 5.74) is 1.60. The number of hydrogen-bond acceptors (Lipinski definition) is 5. The lowest BCUT2D eigenvalue weighted by Crippen LogP contribution is -2.38. The van der Waals surface area contributed by atoms with Crippen LogP contribution in [0.2, 0.25) is 5.02 Å². The van der Waals surface area contributed by atoms with Crippen LogP contribution < -0.4 is 9.47 Å². The summed E-state index contributed by atoms with van der Waals surface area (Å²) in [7, 11) is 1.56. The predicted molar refractivity (Wildman–Crippen MR) is 120 cm³/mol. The van der Waals surface area contributed by atoms with Gasteiger partial charge in [0.15, 0.2) is 17.1 Å². The van der Waals surface area contributed by atoms with Crippen molar-refractivity contribution in [1.82, 2.24) is 19.5 Å². The van der Waals surface area contributed by atoms with E-state index in [1.807, 2.05) is 46.7 Å². The van der Waals surface area contributed by atoms with Crippen LogP contribution in [0.15, 0.2) is 42.6 Å². The maximum atomic E-state index is 12.9. The number of fused-ring (bicyclic) bond motifs is 1. The first-order chi connectivity index (χ1) is 15.1. The topological polar surface area (TPSA) is 69.0 Å². The van der Waals surface area contributed by atoms with Crippen molar-refractivity contribution in [2.75, 3.05) is 26.8 Å². The van der Waals surface area contributed by atoms with E-state index in [-0.39, 0.29) is 11.8 Å². The van der Waals surface area contributed by atoms with Gasteiger partial charge in [-0.15, -0.1) is 10.2 Å². The predicted octanol–water partition coefficient (Wildman–Crippen LogP) is 4.21. The van der Waals surface area contributed by atoms with Crippen molar-refractivity contribution in [3.05, 3.63) is 59.0 Å². The molecule has 1 aromatic carbocycles. The molecule has 0 saturated carbocycles. The number of rotatable bonds is 6. The number of carbonyl (C=O) groups is 1. The molecule has 162 valence electrons. The van der Waals surface area contributed by atoms with Crippen LogP contribution in [0.4, 0.5) is 0 Å². The Balaban J connectivity index is 1.48. The van der Waals surface area contributed by atoms with E-state index in [4.69, 9.17) is 21.1 Å². The van der Waals surface area contributed by atoms with Crippen LogP contribution in [-0.4, -0.2) is 52.2 Å². The Kier molecular flexibility index (Phi) is 6.42. The van der Waals surface area contributed by atoms with Gasteiger partial charge in [-0.25, -0.2) is 0 Å². The number of ether oxygens (including phenoxy) is 2. The summed E-state index contributed by atoms with van der Waals surface area (Å²) in [5.74, 6) is 2.07. The van der Waals surface area contributed by atoms with Crippen molar-refractivity contribution in [3.63, 3.8) is 0 Å². The van der Waals surface area contributed by atoms with E-state index < -0.39 is 0 Å². The fourth-order valence-corrected chi connectivity index (χ4v) is 4.19. The minimum atomic E-state index is -0.0394. The highest BCUT2D eigenvalue weighted by Crippen LogP contribution is 2.36. The quantitative estimate of drug-likeness (QED) is 0.537. The number of carbonyl (C=O) groups excluding carboxylic acids is 1. The second kappa shape index (κ2) is 9.39. The number of nitrogens with zero attached hydrogens (tertiary/aromatic N) is 4. The van der Waals surface area contributed by atoms with E-state index >= 15 is 0 Å². The Labute approximate surface area is 186 Å². The molecular formula is C23H25ClN4O3. The maximum absolute atomic E-state index is 12.9. The molecule has 1 amide bonds. The highest BCUT2D eigenvalue weighted by atomic mass is 35.5. The monoisotopic (exact) mass is 440 g/mol. The Hall–Kier alpha value is -3.06. The minimum absolute atomic E-state index is 0.0394. The van der Waals surface area contributed by atoms with E-state index in [0.717, 1.165) is 36.4 Å². The van der Waals surface area contributed by atoms with Gasteiger partial charge in [0, 0.05) is 31.3 Å². The molecule has 31 heavy (non-hydrogen) atoms. The summed E-state index contributed by atoms with van der Waals surface area (Å²) >= 11 is 6.33. The molecule has 1 saturated heterocycles. The first-order valence-electron chi connectivity index (χ1n) is 10.4. The molecule has 7 nitrogen and oxygen atoms in total. The zero-order valence-electron chi connectivity index (χ0n) is 17.6. The van der Waals surface area contributed by atoms with Crippen LogP contribution in [0, 0.1) is 0 Å². The van der Waals surface area contributed by atoms with Crippen LogP contribution in [0.3, 0.4) is 0 Å². The summed E-state index contributed by atoms with van der Waals surface area (Å²) in [6, 6.07) is 9.41. The average Bonchev–Trinajstić information content (AvgIpc) is 3.23. The van der Waals surface area contributed by atoms with Gasteiger partial charge >= 0.3 is 0 Å². The van der Waals surface area contributed by atoms with Gasteiger partial charge in [0.25, 0.3) is 0 Å². The highest BCUT2D eigenvalue weighted by molar-refractivity contribution is 6.32. The van der Waals surface area contributed by atoms with E-state index in [0.29, 0.717) is 29.7 Å². The summed E-state index contributed by atoms with van der Waals surface area (Å²) in [6.45, 7) is 3.72. The van der Waals surface area contributed by atoms with E-state index in [9.17, 15) is 4.79 Å². The minimum Gasteiger partial charge on any atom is -0.493 e. The van der Waals surface area contributed by atoms with Crippen LogP contribution in [-0.2, 0) is 4.79 Å². The van der Waals surface area contributed by atoms with E-state index in [1.165, 1.54) is 0 Å². The number of halogens is 1. The summed E-state index contributed by atoms with van der Waals surface area (Å²) < 4.78 is 12.9. The van der Waals surface area contributed by atoms with Crippen molar-refractivity contribution in [2.45, 2.75) is 25.7 Å². The van der Waals surface area contributed by atoms with Crippen molar-refractivity contribution >= 4 is 29.2 Å². The third kappa shape index (κ3) is 4.51. The zero-order valence-corrected chi connectivity index (χ0v) is 18.4. The molecule has 4 rings (SSSR count). The van der Waals surface area contributed by atoms with Crippen molar-refractivity contribution in [3.8, 4) is 11.5 Å². The fourth-order valence-electron chi connectivity index (χ4n) is 3.92. The summed E-state index contributed by atoms with van der Waals surface area (Å²) in [4.78, 5) is 14.7. The molecule has 1 unspecified atom stereocenters. The van der Waals surface area contributed by atoms with Gasteiger partial charge in [0.05, 0.1) is 18.7 Å². The molecule has 0 radical (unpaired) electrons. The first-order valence-corrected chi connectivity index (χ1v) is 10.8. The van der Waals surface area contributed by atoms with Crippen LogP contribution in [0.25, 0.3) is 11.7 Å². The third-order valence-corrected chi connectivity index (χ3v) is 5.68. The Morgan fingerprint density at radius 3 is 3.00 bits per heavy atom. The molecule has 8 heteroatoms. The second-order valence-electron chi connectivity index (χ2n) is 7.41. The Morgan fingerprint density at radius 1 is 1.32 bits per heavy atom. The van der Waals surface area contributed by atoms with Gasteiger partial charge in [0.1, 0.15) is 5.82 Å². The van der Waals surface area contributed by atoms with Crippen molar-refractivity contribution < 1.29 is 14.3 Å². The van der Waals surface area contributed by atoms with Gasteiger partial charge in [-0.2, -0.15) is 0 Å². The average molecular weight is 441 g/mol. The Morgan fingerprint density at radius 2 is 2.19 bits per heavy atom. The smallest absolute Gasteiger partial charge is 0.246 e. The second-order valence-corrected chi connectivity index (χ2v) is 7.82. The van der Waals surface area contributed by atoms with Crippen molar-refractivity contribution in [2.24, 2.45) is 0 Å². The molecule has 3 aromatic rings. The number of benzene rings is 1. The molecule has 2 aromatic heterocycles. The fraction of sp³-hybridized carbons (Fsp3) is 0.348. The molecule has 0 aliphatic carbocycles. The number of piperidine rings is 1. The molecule has 0 spiro atoms. The number of aromatic nitrogens is 3. The maximum Gasteiger partial charge on any atom is 0.246 e. The van der Waals surface area contributed by atoms with Crippen LogP contribution >= 0.6 is 11.6 Å². The molecule has 0 N–H and O–H groups in total. The molecule has 1 atom stereocenters. The lowest BCUT2D eigenvalue weighted by Gasteiger charge is -2.31. The number of amides is 1.